The Kier molecular flexibility index (Phi) is 2.82. The van der Waals surface area contributed by atoms with Gasteiger partial charge in [0.15, 0.2) is 0 Å². The molecule has 2 saturated heterocycles. The number of phenols is 1. The molecule has 0 aromatic heterocycles. The van der Waals surface area contributed by atoms with E-state index in [1.165, 1.54) is 17.0 Å². The number of hydrogen-bond acceptors (Lipinski definition) is 4. The van der Waals surface area contributed by atoms with Crippen LogP contribution >= 0.6 is 0 Å². The molecule has 2 aliphatic rings. The second-order valence-corrected chi connectivity index (χ2v) is 5.10. The average Bonchev–Trinajstić information content (AvgIpc) is 2.94. The molecular weight excluding hydrogens is 281 g/mol. The summed E-state index contributed by atoms with van der Waals surface area (Å²) in [6.07, 6.45) is 0.242. The lowest BCUT2D eigenvalue weighted by Gasteiger charge is -2.21. The molecule has 2 fully saturated rings. The lowest BCUT2D eigenvalue weighted by Crippen LogP contribution is -2.49. The van der Waals surface area contributed by atoms with Crippen LogP contribution in [0.4, 0.5) is 9.18 Å². The quantitative estimate of drug-likeness (QED) is 0.632. The number of benzene rings is 1. The fourth-order valence-electron chi connectivity index (χ4n) is 2.68. The minimum Gasteiger partial charge on any atom is -0.507 e. The predicted molar refractivity (Wildman–Crippen MR) is 68.0 cm³/mol. The summed E-state index contributed by atoms with van der Waals surface area (Å²) in [5.41, 5.74) is -1.59. The maximum atomic E-state index is 13.7. The second-order valence-electron chi connectivity index (χ2n) is 5.10. The summed E-state index contributed by atoms with van der Waals surface area (Å²) in [5.74, 6) is -2.50. The van der Waals surface area contributed by atoms with Gasteiger partial charge in [0.25, 0.3) is 11.8 Å². The molecular formula is C13H12FN3O4. The van der Waals surface area contributed by atoms with Gasteiger partial charge in [0.05, 0.1) is 6.54 Å². The number of amides is 4. The number of nitrogens with zero attached hydrogens (tertiary/aromatic N) is 1. The molecule has 8 heteroatoms. The van der Waals surface area contributed by atoms with E-state index in [4.69, 9.17) is 0 Å². The number of halogens is 1. The van der Waals surface area contributed by atoms with Crippen molar-refractivity contribution >= 4 is 17.8 Å². The van der Waals surface area contributed by atoms with Gasteiger partial charge in [0.1, 0.15) is 22.7 Å². The van der Waals surface area contributed by atoms with Crippen LogP contribution in [-0.2, 0) is 4.79 Å². The van der Waals surface area contributed by atoms with Crippen molar-refractivity contribution < 1.29 is 23.9 Å². The van der Waals surface area contributed by atoms with Crippen LogP contribution in [0.1, 0.15) is 16.8 Å². The Hall–Kier alpha value is -2.64. The van der Waals surface area contributed by atoms with E-state index in [1.54, 1.807) is 0 Å². The predicted octanol–water partition coefficient (Wildman–Crippen LogP) is -0.0446. The van der Waals surface area contributed by atoms with Gasteiger partial charge in [-0.25, -0.2) is 9.18 Å². The van der Waals surface area contributed by atoms with Gasteiger partial charge in [-0.2, -0.15) is 0 Å². The Morgan fingerprint density at radius 2 is 2.14 bits per heavy atom. The zero-order chi connectivity index (χ0) is 15.2. The third kappa shape index (κ3) is 1.99. The van der Waals surface area contributed by atoms with E-state index in [1.807, 2.05) is 0 Å². The van der Waals surface area contributed by atoms with Crippen LogP contribution in [-0.4, -0.2) is 46.5 Å². The number of urea groups is 1. The Morgan fingerprint density at radius 1 is 1.38 bits per heavy atom. The molecule has 1 aromatic carbocycles. The minimum atomic E-state index is -1.16. The first-order valence-electron chi connectivity index (χ1n) is 6.33. The standard InChI is InChI=1S/C13H12FN3O4/c14-7-2-1-3-8(18)9(7)10(19)17-5-4-13(6-17)11(20)15-12(21)16-13/h1-3,18H,4-6H2,(H2,15,16,20,21). The van der Waals surface area contributed by atoms with Crippen LogP contribution < -0.4 is 10.6 Å². The smallest absolute Gasteiger partial charge is 0.322 e. The highest BCUT2D eigenvalue weighted by atomic mass is 19.1. The average molecular weight is 293 g/mol. The topological polar surface area (TPSA) is 98.7 Å². The molecule has 3 N–H and O–H groups in total. The van der Waals surface area contributed by atoms with Crippen molar-refractivity contribution in [2.75, 3.05) is 13.1 Å². The lowest BCUT2D eigenvalue weighted by atomic mass is 9.99. The molecule has 1 atom stereocenters. The van der Waals surface area contributed by atoms with Crippen molar-refractivity contribution in [2.45, 2.75) is 12.0 Å². The van der Waals surface area contributed by atoms with Gasteiger partial charge in [-0.3, -0.25) is 14.9 Å². The van der Waals surface area contributed by atoms with E-state index in [2.05, 4.69) is 10.6 Å². The van der Waals surface area contributed by atoms with Gasteiger partial charge in [-0.1, -0.05) is 6.07 Å². The molecule has 1 unspecified atom stereocenters. The van der Waals surface area contributed by atoms with Crippen molar-refractivity contribution in [2.24, 2.45) is 0 Å². The lowest BCUT2D eigenvalue weighted by molar-refractivity contribution is -0.123. The van der Waals surface area contributed by atoms with E-state index in [0.717, 1.165) is 6.07 Å². The molecule has 0 bridgehead atoms. The molecule has 0 aliphatic carbocycles. The van der Waals surface area contributed by atoms with Crippen molar-refractivity contribution in [3.05, 3.63) is 29.6 Å². The highest BCUT2D eigenvalue weighted by molar-refractivity contribution is 6.08. The third-order valence-electron chi connectivity index (χ3n) is 3.78. The van der Waals surface area contributed by atoms with Gasteiger partial charge >= 0.3 is 6.03 Å². The van der Waals surface area contributed by atoms with Gasteiger partial charge in [-0.05, 0) is 18.6 Å². The summed E-state index contributed by atoms with van der Waals surface area (Å²) in [7, 11) is 0. The number of carbonyl (C=O) groups excluding carboxylic acids is 3. The van der Waals surface area contributed by atoms with Crippen molar-refractivity contribution in [3.63, 3.8) is 0 Å². The third-order valence-corrected chi connectivity index (χ3v) is 3.78. The fourth-order valence-corrected chi connectivity index (χ4v) is 2.68. The van der Waals surface area contributed by atoms with E-state index in [9.17, 15) is 23.9 Å². The molecule has 1 aromatic rings. The molecule has 0 saturated carbocycles. The van der Waals surface area contributed by atoms with Gasteiger partial charge in [-0.15, -0.1) is 0 Å². The van der Waals surface area contributed by atoms with Crippen LogP contribution in [0.3, 0.4) is 0 Å². The molecule has 2 heterocycles. The Morgan fingerprint density at radius 3 is 2.76 bits per heavy atom. The first-order chi connectivity index (χ1) is 9.93. The summed E-state index contributed by atoms with van der Waals surface area (Å²) in [6, 6.07) is 2.97. The summed E-state index contributed by atoms with van der Waals surface area (Å²) in [5, 5.41) is 14.3. The molecule has 7 nitrogen and oxygen atoms in total. The SMILES string of the molecule is O=C1NC(=O)C2(CCN(C(=O)c3c(O)cccc3F)C2)N1. The number of aromatic hydroxyl groups is 1. The molecule has 21 heavy (non-hydrogen) atoms. The van der Waals surface area contributed by atoms with Gasteiger partial charge in [0.2, 0.25) is 0 Å². The number of phenolic OH excluding ortho intramolecular Hbond substituents is 1. The molecule has 3 rings (SSSR count). The first kappa shape index (κ1) is 13.3. The van der Waals surface area contributed by atoms with Gasteiger partial charge in [0, 0.05) is 6.54 Å². The van der Waals surface area contributed by atoms with E-state index >= 15 is 0 Å². The van der Waals surface area contributed by atoms with Crippen molar-refractivity contribution in [1.29, 1.82) is 0 Å². The highest BCUT2D eigenvalue weighted by Gasteiger charge is 2.52. The number of carbonyl (C=O) groups is 3. The van der Waals surface area contributed by atoms with Gasteiger partial charge < -0.3 is 15.3 Å². The number of hydrogen-bond donors (Lipinski definition) is 3. The number of likely N-dealkylation sites (tertiary alicyclic amines) is 1. The van der Waals surface area contributed by atoms with E-state index in [0.29, 0.717) is 0 Å². The number of imide groups is 1. The molecule has 1 spiro atoms. The van der Waals surface area contributed by atoms with Crippen LogP contribution in [0.5, 0.6) is 5.75 Å². The van der Waals surface area contributed by atoms with E-state index < -0.39 is 40.5 Å². The summed E-state index contributed by atoms with van der Waals surface area (Å²) in [6.45, 7) is 0.123. The largest absolute Gasteiger partial charge is 0.507 e. The van der Waals surface area contributed by atoms with E-state index in [-0.39, 0.29) is 19.5 Å². The van der Waals surface area contributed by atoms with Crippen LogP contribution in [0.2, 0.25) is 0 Å². The molecule has 110 valence electrons. The first-order valence-corrected chi connectivity index (χ1v) is 6.33. The summed E-state index contributed by atoms with van der Waals surface area (Å²) < 4.78 is 13.7. The second kappa shape index (κ2) is 4.44. The Bertz CT molecular complexity index is 643. The monoisotopic (exact) mass is 293 g/mol. The zero-order valence-corrected chi connectivity index (χ0v) is 10.9. The molecule has 0 radical (unpaired) electrons. The van der Waals surface area contributed by atoms with Crippen molar-refractivity contribution in [3.8, 4) is 5.75 Å². The maximum absolute atomic E-state index is 13.7. The molecule has 4 amide bonds. The highest BCUT2D eigenvalue weighted by Crippen LogP contribution is 2.28. The summed E-state index contributed by atoms with van der Waals surface area (Å²) in [4.78, 5) is 36.6. The van der Waals surface area contributed by atoms with Crippen LogP contribution in [0.15, 0.2) is 18.2 Å². The minimum absolute atomic E-state index is 0.0584. The molecule has 2 aliphatic heterocycles. The van der Waals surface area contributed by atoms with Crippen molar-refractivity contribution in [1.82, 2.24) is 15.5 Å². The summed E-state index contributed by atoms with van der Waals surface area (Å²) >= 11 is 0. The Balaban J connectivity index is 1.85. The van der Waals surface area contributed by atoms with Crippen LogP contribution in [0.25, 0.3) is 0 Å². The van der Waals surface area contributed by atoms with Crippen LogP contribution in [0, 0.1) is 5.82 Å². The Labute approximate surface area is 118 Å². The zero-order valence-electron chi connectivity index (χ0n) is 10.9. The number of nitrogens with one attached hydrogen (secondary N) is 2. The number of rotatable bonds is 1. The fraction of sp³-hybridized carbons (Fsp3) is 0.308. The maximum Gasteiger partial charge on any atom is 0.322 e. The normalized spacial score (nSPS) is 24.3.